The topological polar surface area (TPSA) is 70.6 Å². The molecule has 110 valence electrons. The minimum atomic E-state index is -0.382. The Labute approximate surface area is 115 Å². The van der Waals surface area contributed by atoms with Crippen LogP contribution < -0.4 is 10.6 Å². The fourth-order valence-corrected chi connectivity index (χ4v) is 2.57. The van der Waals surface area contributed by atoms with Gasteiger partial charge in [0.15, 0.2) is 0 Å². The molecular weight excluding hydrogens is 244 g/mol. The number of carbonyl (C=O) groups is 1. The van der Waals surface area contributed by atoms with Crippen LogP contribution in [0.1, 0.15) is 44.9 Å². The van der Waals surface area contributed by atoms with Gasteiger partial charge in [0.05, 0.1) is 12.1 Å². The van der Waals surface area contributed by atoms with Crippen LogP contribution in [0.3, 0.4) is 0 Å². The Bertz CT molecular complexity index is 286. The molecule has 0 radical (unpaired) electrons. The Balaban J connectivity index is 1.51. The maximum absolute atomic E-state index is 11.7. The summed E-state index contributed by atoms with van der Waals surface area (Å²) in [6.07, 6.45) is 7.37. The molecular formula is C14H26N2O3. The van der Waals surface area contributed by atoms with Gasteiger partial charge in [-0.1, -0.05) is 12.8 Å². The lowest BCUT2D eigenvalue weighted by atomic mass is 9.99. The normalized spacial score (nSPS) is 21.3. The van der Waals surface area contributed by atoms with Crippen LogP contribution in [0.2, 0.25) is 0 Å². The Morgan fingerprint density at radius 3 is 2.68 bits per heavy atom. The Kier molecular flexibility index (Phi) is 5.45. The molecule has 0 bridgehead atoms. The van der Waals surface area contributed by atoms with Crippen molar-refractivity contribution in [2.45, 2.75) is 50.5 Å². The zero-order valence-corrected chi connectivity index (χ0v) is 11.6. The van der Waals surface area contributed by atoms with E-state index in [2.05, 4.69) is 10.6 Å². The zero-order chi connectivity index (χ0) is 13.6. The standard InChI is InChI=1S/C14H26N2O3/c17-11-14(6-1-2-7-14)16-13(18)15-8-3-9-19-10-12-4-5-12/h12,17H,1-11H2,(H2,15,16,18). The molecule has 2 rings (SSSR count). The molecule has 0 aromatic carbocycles. The highest BCUT2D eigenvalue weighted by molar-refractivity contribution is 5.74. The van der Waals surface area contributed by atoms with Crippen LogP contribution in [0.15, 0.2) is 0 Å². The first-order chi connectivity index (χ1) is 9.24. The Morgan fingerprint density at radius 1 is 1.32 bits per heavy atom. The number of urea groups is 1. The maximum Gasteiger partial charge on any atom is 0.315 e. The lowest BCUT2D eigenvalue weighted by molar-refractivity contribution is 0.122. The summed E-state index contributed by atoms with van der Waals surface area (Å²) in [4.78, 5) is 11.7. The number of aliphatic hydroxyl groups is 1. The molecule has 3 N–H and O–H groups in total. The predicted molar refractivity (Wildman–Crippen MR) is 73.0 cm³/mol. The van der Waals surface area contributed by atoms with Crippen LogP contribution in [0.5, 0.6) is 0 Å². The highest BCUT2D eigenvalue weighted by Crippen LogP contribution is 2.29. The number of hydrogen-bond donors (Lipinski definition) is 3. The third-order valence-corrected chi connectivity index (χ3v) is 4.04. The molecule has 2 saturated carbocycles. The SMILES string of the molecule is O=C(NCCCOCC1CC1)NC1(CO)CCCC1. The van der Waals surface area contributed by atoms with Gasteiger partial charge >= 0.3 is 6.03 Å². The van der Waals surface area contributed by atoms with Crippen molar-refractivity contribution in [1.29, 1.82) is 0 Å². The van der Waals surface area contributed by atoms with Crippen molar-refractivity contribution >= 4 is 6.03 Å². The number of ether oxygens (including phenoxy) is 1. The second-order valence-electron chi connectivity index (χ2n) is 5.90. The molecule has 0 aromatic rings. The molecule has 0 aromatic heterocycles. The third-order valence-electron chi connectivity index (χ3n) is 4.04. The van der Waals surface area contributed by atoms with Crippen LogP contribution in [0, 0.1) is 5.92 Å². The largest absolute Gasteiger partial charge is 0.394 e. The molecule has 2 fully saturated rings. The van der Waals surface area contributed by atoms with Gasteiger partial charge in [0.25, 0.3) is 0 Å². The number of rotatable bonds is 8. The zero-order valence-electron chi connectivity index (χ0n) is 11.6. The van der Waals surface area contributed by atoms with E-state index in [1.807, 2.05) is 0 Å². The van der Waals surface area contributed by atoms with E-state index in [-0.39, 0.29) is 18.2 Å². The van der Waals surface area contributed by atoms with Gasteiger partial charge in [-0.2, -0.15) is 0 Å². The van der Waals surface area contributed by atoms with E-state index < -0.39 is 0 Å². The molecule has 0 heterocycles. The summed E-state index contributed by atoms with van der Waals surface area (Å²) in [6.45, 7) is 2.24. The highest BCUT2D eigenvalue weighted by atomic mass is 16.5. The molecule has 5 nitrogen and oxygen atoms in total. The van der Waals surface area contributed by atoms with Crippen LogP contribution in [0.4, 0.5) is 4.79 Å². The summed E-state index contributed by atoms with van der Waals surface area (Å²) in [6, 6.07) is -0.168. The van der Waals surface area contributed by atoms with Gasteiger partial charge < -0.3 is 20.5 Å². The molecule has 2 amide bonds. The highest BCUT2D eigenvalue weighted by Gasteiger charge is 2.34. The van der Waals surface area contributed by atoms with E-state index in [0.29, 0.717) is 13.2 Å². The molecule has 0 spiro atoms. The molecule has 0 saturated heterocycles. The number of aliphatic hydroxyl groups excluding tert-OH is 1. The van der Waals surface area contributed by atoms with Gasteiger partial charge in [0.2, 0.25) is 0 Å². The number of carbonyl (C=O) groups excluding carboxylic acids is 1. The van der Waals surface area contributed by atoms with E-state index in [4.69, 9.17) is 4.74 Å². The van der Waals surface area contributed by atoms with E-state index >= 15 is 0 Å². The van der Waals surface area contributed by atoms with Crippen molar-refractivity contribution in [3.05, 3.63) is 0 Å². The summed E-state index contributed by atoms with van der Waals surface area (Å²) in [5.41, 5.74) is -0.382. The van der Waals surface area contributed by atoms with Crippen molar-refractivity contribution in [3.63, 3.8) is 0 Å². The third kappa shape index (κ3) is 4.99. The predicted octanol–water partition coefficient (Wildman–Crippen LogP) is 1.41. The number of amides is 2. The fourth-order valence-electron chi connectivity index (χ4n) is 2.57. The molecule has 2 aliphatic carbocycles. The van der Waals surface area contributed by atoms with Crippen LogP contribution >= 0.6 is 0 Å². The van der Waals surface area contributed by atoms with E-state index in [1.165, 1.54) is 12.8 Å². The Hall–Kier alpha value is -0.810. The maximum atomic E-state index is 11.7. The second kappa shape index (κ2) is 7.10. The summed E-state index contributed by atoms with van der Waals surface area (Å²) in [7, 11) is 0. The molecule has 0 atom stereocenters. The van der Waals surface area contributed by atoms with E-state index in [0.717, 1.165) is 44.6 Å². The molecule has 2 aliphatic rings. The first-order valence-electron chi connectivity index (χ1n) is 7.49. The second-order valence-corrected chi connectivity index (χ2v) is 5.90. The van der Waals surface area contributed by atoms with Crippen molar-refractivity contribution < 1.29 is 14.6 Å². The first kappa shape index (κ1) is 14.6. The van der Waals surface area contributed by atoms with E-state index in [1.54, 1.807) is 0 Å². The molecule has 5 heteroatoms. The summed E-state index contributed by atoms with van der Waals surface area (Å²) >= 11 is 0. The molecule has 19 heavy (non-hydrogen) atoms. The van der Waals surface area contributed by atoms with Crippen molar-refractivity contribution in [3.8, 4) is 0 Å². The van der Waals surface area contributed by atoms with Crippen molar-refractivity contribution in [2.75, 3.05) is 26.4 Å². The van der Waals surface area contributed by atoms with Crippen molar-refractivity contribution in [1.82, 2.24) is 10.6 Å². The molecule has 0 aliphatic heterocycles. The molecule has 0 unspecified atom stereocenters. The van der Waals surface area contributed by atoms with Crippen LogP contribution in [-0.4, -0.2) is 43.0 Å². The smallest absolute Gasteiger partial charge is 0.315 e. The lowest BCUT2D eigenvalue weighted by Crippen LogP contribution is -2.53. The van der Waals surface area contributed by atoms with Crippen LogP contribution in [-0.2, 0) is 4.74 Å². The van der Waals surface area contributed by atoms with Gasteiger partial charge in [-0.05, 0) is 38.0 Å². The summed E-state index contributed by atoms with van der Waals surface area (Å²) in [5, 5.41) is 15.2. The summed E-state index contributed by atoms with van der Waals surface area (Å²) in [5.74, 6) is 0.794. The van der Waals surface area contributed by atoms with Gasteiger partial charge in [-0.15, -0.1) is 0 Å². The van der Waals surface area contributed by atoms with Gasteiger partial charge in [-0.3, -0.25) is 0 Å². The first-order valence-corrected chi connectivity index (χ1v) is 7.49. The number of nitrogens with one attached hydrogen (secondary N) is 2. The fraction of sp³-hybridized carbons (Fsp3) is 0.929. The Morgan fingerprint density at radius 2 is 2.05 bits per heavy atom. The van der Waals surface area contributed by atoms with Crippen molar-refractivity contribution in [2.24, 2.45) is 5.92 Å². The van der Waals surface area contributed by atoms with Gasteiger partial charge in [0, 0.05) is 19.8 Å². The van der Waals surface area contributed by atoms with Gasteiger partial charge in [0.1, 0.15) is 0 Å². The summed E-state index contributed by atoms with van der Waals surface area (Å²) < 4.78 is 5.50. The van der Waals surface area contributed by atoms with Gasteiger partial charge in [-0.25, -0.2) is 4.79 Å². The monoisotopic (exact) mass is 270 g/mol. The number of hydrogen-bond acceptors (Lipinski definition) is 3. The van der Waals surface area contributed by atoms with Crippen LogP contribution in [0.25, 0.3) is 0 Å². The average Bonchev–Trinajstić information content (AvgIpc) is 3.12. The average molecular weight is 270 g/mol. The van der Waals surface area contributed by atoms with E-state index in [9.17, 15) is 9.90 Å². The minimum absolute atomic E-state index is 0.0327. The quantitative estimate of drug-likeness (QED) is 0.584. The lowest BCUT2D eigenvalue weighted by Gasteiger charge is -2.27. The minimum Gasteiger partial charge on any atom is -0.394 e.